The van der Waals surface area contributed by atoms with Crippen molar-refractivity contribution in [3.8, 4) is 22.2 Å². The van der Waals surface area contributed by atoms with E-state index in [1.807, 2.05) is 23.9 Å². The molecular formula is C20H16FN5O2S2. The molecule has 4 rings (SSSR count). The van der Waals surface area contributed by atoms with E-state index in [4.69, 9.17) is 17.0 Å². The van der Waals surface area contributed by atoms with Crippen LogP contribution in [0.3, 0.4) is 0 Å². The molecule has 0 spiro atoms. The summed E-state index contributed by atoms with van der Waals surface area (Å²) in [5, 5.41) is 5.25. The van der Waals surface area contributed by atoms with E-state index in [2.05, 4.69) is 20.6 Å². The highest BCUT2D eigenvalue weighted by Crippen LogP contribution is 2.39. The Bertz CT molecular complexity index is 1270. The number of halogens is 1. The number of fused-ring (bicyclic) bond motifs is 1. The third-order valence-electron chi connectivity index (χ3n) is 4.12. The Kier molecular flexibility index (Phi) is 5.42. The van der Waals surface area contributed by atoms with Crippen molar-refractivity contribution in [3.05, 3.63) is 54.7 Å². The van der Waals surface area contributed by atoms with Gasteiger partial charge in [0.2, 0.25) is 5.91 Å². The van der Waals surface area contributed by atoms with Crippen molar-refractivity contribution in [3.63, 3.8) is 0 Å². The molecule has 1 aromatic carbocycles. The molecule has 4 aromatic rings. The second-order valence-corrected chi connectivity index (χ2v) is 7.84. The van der Waals surface area contributed by atoms with E-state index < -0.39 is 5.82 Å². The van der Waals surface area contributed by atoms with Gasteiger partial charge in [-0.25, -0.2) is 9.37 Å². The second-order valence-electron chi connectivity index (χ2n) is 6.38. The quantitative estimate of drug-likeness (QED) is 0.455. The molecular weight excluding hydrogens is 425 g/mol. The fourth-order valence-corrected chi connectivity index (χ4v) is 4.18. The minimum Gasteiger partial charge on any atom is -0.453 e. The molecule has 10 heteroatoms. The van der Waals surface area contributed by atoms with Crippen LogP contribution >= 0.6 is 23.6 Å². The number of imidazole rings is 1. The Labute approximate surface area is 180 Å². The highest BCUT2D eigenvalue weighted by atomic mass is 32.1. The van der Waals surface area contributed by atoms with E-state index in [0.29, 0.717) is 11.4 Å². The maximum absolute atomic E-state index is 14.6. The van der Waals surface area contributed by atoms with Crippen molar-refractivity contribution < 1.29 is 13.9 Å². The number of benzene rings is 1. The molecule has 0 saturated carbocycles. The molecule has 2 N–H and O–H groups in total. The maximum Gasteiger partial charge on any atom is 0.222 e. The highest BCUT2D eigenvalue weighted by molar-refractivity contribution is 7.80. The molecule has 0 unspecified atom stereocenters. The minimum absolute atomic E-state index is 0.0606. The summed E-state index contributed by atoms with van der Waals surface area (Å²) in [7, 11) is 1.92. The third-order valence-corrected chi connectivity index (χ3v) is 5.46. The number of thiophene rings is 1. The highest BCUT2D eigenvalue weighted by Gasteiger charge is 2.15. The largest absolute Gasteiger partial charge is 0.453 e. The first-order chi connectivity index (χ1) is 14.4. The van der Waals surface area contributed by atoms with Crippen LogP contribution in [0.4, 0.5) is 10.1 Å². The van der Waals surface area contributed by atoms with Gasteiger partial charge in [0, 0.05) is 50.4 Å². The van der Waals surface area contributed by atoms with Gasteiger partial charge in [0.05, 0.1) is 15.1 Å². The summed E-state index contributed by atoms with van der Waals surface area (Å²) in [6, 6.07) is 7.97. The summed E-state index contributed by atoms with van der Waals surface area (Å²) >= 11 is 6.46. The van der Waals surface area contributed by atoms with Gasteiger partial charge in [-0.05, 0) is 30.4 Å². The van der Waals surface area contributed by atoms with Crippen LogP contribution < -0.4 is 15.4 Å². The van der Waals surface area contributed by atoms with E-state index in [1.54, 1.807) is 24.5 Å². The van der Waals surface area contributed by atoms with Crippen LogP contribution in [0.5, 0.6) is 11.5 Å². The fraction of sp³-hybridized carbons (Fsp3) is 0.100. The Morgan fingerprint density at radius 3 is 2.73 bits per heavy atom. The lowest BCUT2D eigenvalue weighted by atomic mass is 10.3. The number of nitrogens with one attached hydrogen (secondary N) is 2. The standard InChI is InChI=1S/C20H16FN5O2S2/c1-11(27)24-20(29)25-12-3-4-15(13(21)9-12)28-16-5-6-22-14-10-17(30-18(14)16)19-23-7-8-26(19)2/h3-10H,1-2H3,(H2,24,25,27,29). The first-order valence-electron chi connectivity index (χ1n) is 8.83. The van der Waals surface area contributed by atoms with Crippen LogP contribution in [0, 0.1) is 5.82 Å². The number of rotatable bonds is 4. The van der Waals surface area contributed by atoms with Crippen molar-refractivity contribution in [1.29, 1.82) is 0 Å². The average molecular weight is 442 g/mol. The van der Waals surface area contributed by atoms with Gasteiger partial charge in [0.25, 0.3) is 0 Å². The molecule has 0 aliphatic rings. The number of anilines is 1. The Hall–Kier alpha value is -3.37. The number of amides is 1. The second kappa shape index (κ2) is 8.17. The predicted octanol–water partition coefficient (Wildman–Crippen LogP) is 4.46. The third kappa shape index (κ3) is 4.14. The Morgan fingerprint density at radius 2 is 2.03 bits per heavy atom. The number of carbonyl (C=O) groups excluding carboxylic acids is 1. The molecule has 3 heterocycles. The lowest BCUT2D eigenvalue weighted by molar-refractivity contribution is -0.117. The van der Waals surface area contributed by atoms with E-state index in [1.165, 1.54) is 30.4 Å². The smallest absolute Gasteiger partial charge is 0.222 e. The normalized spacial score (nSPS) is 10.8. The molecule has 0 atom stereocenters. The van der Waals surface area contributed by atoms with Crippen LogP contribution in [0.15, 0.2) is 48.9 Å². The SMILES string of the molecule is CC(=O)NC(=S)Nc1ccc(Oc2ccnc3cc(-c4nccn4C)sc23)c(F)c1. The molecule has 0 saturated heterocycles. The van der Waals surface area contributed by atoms with Crippen molar-refractivity contribution in [2.75, 3.05) is 5.32 Å². The van der Waals surface area contributed by atoms with E-state index >= 15 is 0 Å². The lowest BCUT2D eigenvalue weighted by Gasteiger charge is -2.11. The molecule has 1 amide bonds. The first-order valence-corrected chi connectivity index (χ1v) is 10.1. The van der Waals surface area contributed by atoms with Crippen LogP contribution in [-0.4, -0.2) is 25.6 Å². The number of carbonyl (C=O) groups is 1. The molecule has 3 aromatic heterocycles. The number of ether oxygens (including phenoxy) is 1. The van der Waals surface area contributed by atoms with Crippen LogP contribution in [0.2, 0.25) is 0 Å². The summed E-state index contributed by atoms with van der Waals surface area (Å²) in [4.78, 5) is 20.7. The van der Waals surface area contributed by atoms with Crippen LogP contribution in [-0.2, 0) is 11.8 Å². The van der Waals surface area contributed by atoms with Crippen molar-refractivity contribution in [2.24, 2.45) is 7.05 Å². The number of hydrogen-bond acceptors (Lipinski definition) is 6. The number of nitrogens with zero attached hydrogens (tertiary/aromatic N) is 3. The van der Waals surface area contributed by atoms with E-state index in [-0.39, 0.29) is 16.8 Å². The van der Waals surface area contributed by atoms with Gasteiger partial charge in [-0.1, -0.05) is 0 Å². The zero-order chi connectivity index (χ0) is 21.3. The molecule has 0 radical (unpaired) electrons. The molecule has 7 nitrogen and oxygen atoms in total. The van der Waals surface area contributed by atoms with Crippen molar-refractivity contribution in [2.45, 2.75) is 6.92 Å². The van der Waals surface area contributed by atoms with Gasteiger partial charge < -0.3 is 19.9 Å². The minimum atomic E-state index is -0.573. The van der Waals surface area contributed by atoms with E-state index in [9.17, 15) is 9.18 Å². The zero-order valence-corrected chi connectivity index (χ0v) is 17.6. The maximum atomic E-state index is 14.6. The molecule has 0 fully saturated rings. The molecule has 0 bridgehead atoms. The summed E-state index contributed by atoms with van der Waals surface area (Å²) in [5.41, 5.74) is 1.14. The summed E-state index contributed by atoms with van der Waals surface area (Å²) in [5.74, 6) is 0.497. The Morgan fingerprint density at radius 1 is 1.20 bits per heavy atom. The van der Waals surface area contributed by atoms with E-state index in [0.717, 1.165) is 20.9 Å². The van der Waals surface area contributed by atoms with Crippen molar-refractivity contribution in [1.82, 2.24) is 19.9 Å². The predicted molar refractivity (Wildman–Crippen MR) is 118 cm³/mol. The number of thiocarbonyl (C=S) groups is 1. The molecule has 0 aliphatic heterocycles. The molecule has 0 aliphatic carbocycles. The number of aryl methyl sites for hydroxylation is 1. The average Bonchev–Trinajstić information content (AvgIpc) is 3.29. The van der Waals surface area contributed by atoms with Crippen molar-refractivity contribution >= 4 is 50.5 Å². The topological polar surface area (TPSA) is 81.1 Å². The number of hydrogen-bond donors (Lipinski definition) is 2. The van der Waals surface area contributed by atoms with Gasteiger partial charge in [0.1, 0.15) is 11.6 Å². The zero-order valence-electron chi connectivity index (χ0n) is 16.0. The monoisotopic (exact) mass is 441 g/mol. The number of aromatic nitrogens is 3. The lowest BCUT2D eigenvalue weighted by Crippen LogP contribution is -2.32. The van der Waals surface area contributed by atoms with Crippen LogP contribution in [0.1, 0.15) is 6.92 Å². The summed E-state index contributed by atoms with van der Waals surface area (Å²) in [6.07, 6.45) is 5.21. The molecule has 152 valence electrons. The van der Waals surface area contributed by atoms with Gasteiger partial charge in [0.15, 0.2) is 16.7 Å². The summed E-state index contributed by atoms with van der Waals surface area (Å²) in [6.45, 7) is 1.34. The van der Waals surface area contributed by atoms with Gasteiger partial charge >= 0.3 is 0 Å². The van der Waals surface area contributed by atoms with Gasteiger partial charge in [-0.3, -0.25) is 9.78 Å². The summed E-state index contributed by atoms with van der Waals surface area (Å²) < 4.78 is 23.2. The Balaban J connectivity index is 1.60. The van der Waals surface area contributed by atoms with Gasteiger partial charge in [-0.2, -0.15) is 0 Å². The van der Waals surface area contributed by atoms with Crippen LogP contribution in [0.25, 0.3) is 20.9 Å². The van der Waals surface area contributed by atoms with Gasteiger partial charge in [-0.15, -0.1) is 11.3 Å². The number of pyridine rings is 1. The molecule has 30 heavy (non-hydrogen) atoms. The first kappa shape index (κ1) is 19.9. The fourth-order valence-electron chi connectivity index (χ4n) is 2.81.